The van der Waals surface area contributed by atoms with Crippen molar-refractivity contribution in [1.29, 1.82) is 0 Å². The molecular weight excluding hydrogens is 307 g/mol. The Hall–Kier alpha value is -0.841. The topological polar surface area (TPSA) is 44.5 Å². The maximum atomic E-state index is 12.3. The van der Waals surface area contributed by atoms with Crippen LogP contribution in [0.3, 0.4) is 0 Å². The molecule has 6 heteroatoms. The first-order valence-electron chi connectivity index (χ1n) is 5.48. The van der Waals surface area contributed by atoms with Crippen molar-refractivity contribution in [3.63, 3.8) is 0 Å². The summed E-state index contributed by atoms with van der Waals surface area (Å²) in [5.74, 6) is 1.33. The number of ether oxygens (including phenoxy) is 2. The Morgan fingerprint density at radius 1 is 1.22 bits per heavy atom. The van der Waals surface area contributed by atoms with Crippen molar-refractivity contribution in [2.24, 2.45) is 5.73 Å². The van der Waals surface area contributed by atoms with Gasteiger partial charge in [-0.25, -0.2) is 0 Å². The van der Waals surface area contributed by atoms with Crippen LogP contribution >= 0.6 is 0 Å². The molecule has 0 aliphatic rings. The van der Waals surface area contributed by atoms with Gasteiger partial charge >= 0.3 is 112 Å². The summed E-state index contributed by atoms with van der Waals surface area (Å²) in [4.78, 5) is 0. The van der Waals surface area contributed by atoms with Gasteiger partial charge in [0.05, 0.1) is 0 Å². The number of alkyl halides is 2. The molecule has 0 bridgehead atoms. The van der Waals surface area contributed by atoms with E-state index in [1.807, 2.05) is 6.07 Å². The Morgan fingerprint density at radius 2 is 1.89 bits per heavy atom. The number of hydrogen-bond donors (Lipinski definition) is 1. The number of hydrogen-bond acceptors (Lipinski definition) is 3. The molecule has 0 saturated carbocycles. The van der Waals surface area contributed by atoms with E-state index in [2.05, 4.69) is 0 Å². The molecule has 1 aromatic carbocycles. The van der Waals surface area contributed by atoms with Crippen LogP contribution < -0.4 is 19.7 Å². The van der Waals surface area contributed by atoms with Crippen molar-refractivity contribution in [2.45, 2.75) is 18.2 Å². The van der Waals surface area contributed by atoms with Gasteiger partial charge in [-0.1, -0.05) is 0 Å². The van der Waals surface area contributed by atoms with Gasteiger partial charge in [0.25, 0.3) is 0 Å². The Bertz CT molecular complexity index is 389. The van der Waals surface area contributed by atoms with Crippen LogP contribution in [0.5, 0.6) is 11.5 Å². The molecule has 0 aliphatic carbocycles. The van der Waals surface area contributed by atoms with E-state index in [1.165, 1.54) is 7.11 Å². The first-order valence-corrected chi connectivity index (χ1v) is 7.55. The molecule has 0 saturated heterocycles. The first kappa shape index (κ1) is 15.2. The van der Waals surface area contributed by atoms with Crippen LogP contribution in [0.4, 0.5) is 8.78 Å². The van der Waals surface area contributed by atoms with E-state index in [0.717, 1.165) is 10.0 Å². The summed E-state index contributed by atoms with van der Waals surface area (Å²) in [6.07, 6.45) is -1.62. The molecule has 0 atom stereocenters. The predicted molar refractivity (Wildman–Crippen MR) is 68.5 cm³/mol. The third-order valence-electron chi connectivity index (χ3n) is 2.35. The third-order valence-corrected chi connectivity index (χ3v) is 4.55. The van der Waals surface area contributed by atoms with Crippen LogP contribution in [0.2, 0.25) is 5.32 Å². The Labute approximate surface area is 112 Å². The van der Waals surface area contributed by atoms with E-state index in [1.54, 1.807) is 13.2 Å². The Balaban J connectivity index is 3.01. The minimum absolute atomic E-state index is 0.122. The summed E-state index contributed by atoms with van der Waals surface area (Å²) in [5, 5.41) is -0.122. The van der Waals surface area contributed by atoms with Gasteiger partial charge in [-0.15, -0.1) is 0 Å². The second-order valence-electron chi connectivity index (χ2n) is 3.56. The molecule has 0 aliphatic heterocycles. The van der Waals surface area contributed by atoms with Crippen molar-refractivity contribution < 1.29 is 18.3 Å². The molecule has 1 aromatic rings. The van der Waals surface area contributed by atoms with E-state index in [-0.39, 0.29) is 20.3 Å². The summed E-state index contributed by atoms with van der Waals surface area (Å²) in [5.41, 5.74) is 6.46. The fourth-order valence-electron chi connectivity index (χ4n) is 1.55. The molecule has 0 spiro atoms. The van der Waals surface area contributed by atoms with Crippen molar-refractivity contribution in [3.05, 3.63) is 17.7 Å². The second-order valence-corrected chi connectivity index (χ2v) is 5.78. The standard InChI is InChI=1S/C12H17F2NO2Se/c1-16-9-6-11(18-7-12(13)14)10(17-2)5-8(9)3-4-15/h5-6,12H,3-4,7,15H2,1-2H3. The molecule has 0 amide bonds. The average Bonchev–Trinajstić information content (AvgIpc) is 2.36. The zero-order valence-electron chi connectivity index (χ0n) is 10.4. The van der Waals surface area contributed by atoms with Gasteiger partial charge < -0.3 is 0 Å². The Kier molecular flexibility index (Phi) is 6.39. The average molecular weight is 324 g/mol. The molecule has 102 valence electrons. The quantitative estimate of drug-likeness (QED) is 0.767. The van der Waals surface area contributed by atoms with Gasteiger partial charge in [-0.2, -0.15) is 0 Å². The van der Waals surface area contributed by atoms with E-state index >= 15 is 0 Å². The molecule has 0 unspecified atom stereocenters. The van der Waals surface area contributed by atoms with Gasteiger partial charge in [-0.05, 0) is 0 Å². The summed E-state index contributed by atoms with van der Waals surface area (Å²) >= 11 is -0.325. The third kappa shape index (κ3) is 4.12. The Morgan fingerprint density at radius 3 is 2.39 bits per heavy atom. The fourth-order valence-corrected chi connectivity index (χ4v) is 3.19. The molecule has 0 aromatic heterocycles. The monoisotopic (exact) mass is 325 g/mol. The number of rotatable bonds is 7. The molecule has 0 heterocycles. The van der Waals surface area contributed by atoms with E-state index in [4.69, 9.17) is 15.2 Å². The summed E-state index contributed by atoms with van der Waals surface area (Å²) in [6.45, 7) is 0.501. The van der Waals surface area contributed by atoms with E-state index in [0.29, 0.717) is 24.5 Å². The van der Waals surface area contributed by atoms with Gasteiger partial charge in [-0.3, -0.25) is 0 Å². The normalized spacial score (nSPS) is 10.8. The van der Waals surface area contributed by atoms with Gasteiger partial charge in [0, 0.05) is 0 Å². The van der Waals surface area contributed by atoms with Crippen LogP contribution in [-0.4, -0.2) is 42.1 Å². The van der Waals surface area contributed by atoms with Crippen molar-refractivity contribution in [3.8, 4) is 11.5 Å². The maximum absolute atomic E-state index is 12.3. The van der Waals surface area contributed by atoms with Crippen LogP contribution in [0, 0.1) is 0 Å². The molecular formula is C12H17F2NO2Se. The molecule has 0 radical (unpaired) electrons. The molecule has 3 nitrogen and oxygen atoms in total. The van der Waals surface area contributed by atoms with Gasteiger partial charge in [0.15, 0.2) is 0 Å². The summed E-state index contributed by atoms with van der Waals surface area (Å²) < 4.78 is 35.8. The van der Waals surface area contributed by atoms with Gasteiger partial charge in [0.2, 0.25) is 0 Å². The number of methoxy groups -OCH3 is 2. The zero-order chi connectivity index (χ0) is 13.5. The van der Waals surface area contributed by atoms with E-state index < -0.39 is 6.43 Å². The van der Waals surface area contributed by atoms with Crippen molar-refractivity contribution >= 4 is 19.4 Å². The molecule has 0 fully saturated rings. The number of halogens is 2. The van der Waals surface area contributed by atoms with Crippen LogP contribution in [-0.2, 0) is 6.42 Å². The minimum atomic E-state index is -2.29. The fraction of sp³-hybridized carbons (Fsp3) is 0.500. The zero-order valence-corrected chi connectivity index (χ0v) is 12.1. The second kappa shape index (κ2) is 7.56. The SMILES string of the molecule is COc1cc([Se]CC(F)F)c(OC)cc1CCN. The van der Waals surface area contributed by atoms with Crippen LogP contribution in [0.1, 0.15) is 5.56 Å². The molecule has 2 N–H and O–H groups in total. The predicted octanol–water partition coefficient (Wildman–Crippen LogP) is 1.22. The van der Waals surface area contributed by atoms with Crippen LogP contribution in [0.15, 0.2) is 12.1 Å². The van der Waals surface area contributed by atoms with Crippen LogP contribution in [0.25, 0.3) is 0 Å². The number of nitrogens with two attached hydrogens (primary N) is 1. The first-order chi connectivity index (χ1) is 8.62. The van der Waals surface area contributed by atoms with E-state index in [9.17, 15) is 8.78 Å². The van der Waals surface area contributed by atoms with Crippen molar-refractivity contribution in [1.82, 2.24) is 0 Å². The van der Waals surface area contributed by atoms with Crippen molar-refractivity contribution in [2.75, 3.05) is 20.8 Å². The molecule has 18 heavy (non-hydrogen) atoms. The summed E-state index contributed by atoms with van der Waals surface area (Å²) in [7, 11) is 3.10. The summed E-state index contributed by atoms with van der Waals surface area (Å²) in [6, 6.07) is 3.61. The molecule has 1 rings (SSSR count). The van der Waals surface area contributed by atoms with Gasteiger partial charge in [0.1, 0.15) is 0 Å². The number of benzene rings is 1.